The van der Waals surface area contributed by atoms with Gasteiger partial charge in [-0.3, -0.25) is 5.41 Å². The minimum atomic E-state index is -0.160. The molecule has 0 radical (unpaired) electrons. The largest absolute Gasteiger partial charge is 0.401 e. The van der Waals surface area contributed by atoms with Crippen molar-refractivity contribution in [3.05, 3.63) is 10.2 Å². The zero-order valence-electron chi connectivity index (χ0n) is 8.89. The van der Waals surface area contributed by atoms with Crippen LogP contribution in [-0.2, 0) is 0 Å². The van der Waals surface area contributed by atoms with E-state index in [-0.39, 0.29) is 12.1 Å². The molecule has 1 aliphatic carbocycles. The first-order chi connectivity index (χ1) is 7.00. The molecule has 86 valence electrons. The van der Waals surface area contributed by atoms with E-state index in [1.807, 2.05) is 0 Å². The summed E-state index contributed by atoms with van der Waals surface area (Å²) in [4.78, 5) is 0. The van der Waals surface area contributed by atoms with Crippen LogP contribution in [-0.4, -0.2) is 23.1 Å². The molecule has 0 amide bonds. The first-order valence-corrected chi connectivity index (χ1v) is 5.95. The van der Waals surface area contributed by atoms with Crippen molar-refractivity contribution in [1.82, 2.24) is 5.32 Å². The normalized spacial score (nSPS) is 28.2. The van der Waals surface area contributed by atoms with Gasteiger partial charge in [0.05, 0.1) is 10.6 Å². The van der Waals surface area contributed by atoms with E-state index in [1.54, 1.807) is 6.92 Å². The molecule has 0 aliphatic heterocycles. The molecule has 5 heteroatoms. The van der Waals surface area contributed by atoms with Gasteiger partial charge in [0.2, 0.25) is 0 Å². The summed E-state index contributed by atoms with van der Waals surface area (Å²) in [6.45, 7) is 1.75. The van der Waals surface area contributed by atoms with E-state index >= 15 is 0 Å². The summed E-state index contributed by atoms with van der Waals surface area (Å²) in [5, 5.41) is 20.2. The maximum Gasteiger partial charge on any atom is 0.134 e. The molecule has 0 unspecified atom stereocenters. The fourth-order valence-electron chi connectivity index (χ4n) is 1.68. The van der Waals surface area contributed by atoms with E-state index in [4.69, 9.17) is 11.1 Å². The fourth-order valence-corrected chi connectivity index (χ4v) is 1.80. The zero-order valence-corrected chi connectivity index (χ0v) is 10.5. The fraction of sp³-hybridized carbons (Fsp3) is 0.700. The number of nitrogens with one attached hydrogen (secondary N) is 2. The Hall–Kier alpha value is -0.550. The Morgan fingerprint density at radius 3 is 2.40 bits per heavy atom. The van der Waals surface area contributed by atoms with Gasteiger partial charge in [0.1, 0.15) is 5.84 Å². The third kappa shape index (κ3) is 3.83. The van der Waals surface area contributed by atoms with Crippen molar-refractivity contribution in [1.29, 1.82) is 5.41 Å². The number of aliphatic hydroxyl groups is 1. The molecule has 1 aliphatic rings. The van der Waals surface area contributed by atoms with Crippen molar-refractivity contribution in [3.8, 4) is 0 Å². The van der Waals surface area contributed by atoms with Gasteiger partial charge in [-0.1, -0.05) is 0 Å². The van der Waals surface area contributed by atoms with Crippen LogP contribution < -0.4 is 11.1 Å². The minimum Gasteiger partial charge on any atom is -0.401 e. The van der Waals surface area contributed by atoms with Crippen molar-refractivity contribution in [3.63, 3.8) is 0 Å². The lowest BCUT2D eigenvalue weighted by Gasteiger charge is -2.27. The summed E-state index contributed by atoms with van der Waals surface area (Å²) in [6.07, 6.45) is 3.29. The average molecular weight is 276 g/mol. The highest BCUT2D eigenvalue weighted by molar-refractivity contribution is 9.12. The lowest BCUT2D eigenvalue weighted by atomic mass is 9.93. The standard InChI is InChI=1S/C10H18BrN3O/c1-6(12)9(11)10(13)14-7-2-4-8(15)5-3-7/h7-8,15H,2-5,12H2,1H3,(H2,13,14)/b9-6+/t7-,8-. The first kappa shape index (κ1) is 12.5. The molecule has 0 aromatic heterocycles. The number of allylic oxidation sites excluding steroid dienone is 1. The predicted octanol–water partition coefficient (Wildman–Crippen LogP) is 1.44. The molecule has 0 spiro atoms. The quantitative estimate of drug-likeness (QED) is 0.455. The van der Waals surface area contributed by atoms with Gasteiger partial charge in [0.25, 0.3) is 0 Å². The van der Waals surface area contributed by atoms with E-state index < -0.39 is 0 Å². The predicted molar refractivity (Wildman–Crippen MR) is 64.9 cm³/mol. The second kappa shape index (κ2) is 5.51. The third-order valence-corrected chi connectivity index (χ3v) is 3.63. The highest BCUT2D eigenvalue weighted by Crippen LogP contribution is 2.19. The van der Waals surface area contributed by atoms with E-state index in [1.165, 1.54) is 0 Å². The van der Waals surface area contributed by atoms with Crippen LogP contribution in [0.1, 0.15) is 32.6 Å². The van der Waals surface area contributed by atoms with Crippen molar-refractivity contribution in [2.45, 2.75) is 44.8 Å². The summed E-state index contributed by atoms with van der Waals surface area (Å²) < 4.78 is 0.619. The van der Waals surface area contributed by atoms with Gasteiger partial charge >= 0.3 is 0 Å². The van der Waals surface area contributed by atoms with Crippen molar-refractivity contribution < 1.29 is 5.11 Å². The zero-order chi connectivity index (χ0) is 11.4. The van der Waals surface area contributed by atoms with Gasteiger partial charge in [-0.25, -0.2) is 0 Å². The molecule has 0 aromatic rings. The molecule has 15 heavy (non-hydrogen) atoms. The number of aliphatic hydroxyl groups excluding tert-OH is 1. The van der Waals surface area contributed by atoms with E-state index in [2.05, 4.69) is 21.2 Å². The Morgan fingerprint density at radius 1 is 1.40 bits per heavy atom. The van der Waals surface area contributed by atoms with Crippen molar-refractivity contribution >= 4 is 21.8 Å². The number of hydrogen-bond donors (Lipinski definition) is 4. The molecule has 0 heterocycles. The average Bonchev–Trinajstić information content (AvgIpc) is 2.20. The van der Waals surface area contributed by atoms with Gasteiger partial charge in [-0.15, -0.1) is 0 Å². The molecule has 1 rings (SSSR count). The first-order valence-electron chi connectivity index (χ1n) is 5.16. The third-order valence-electron chi connectivity index (χ3n) is 2.61. The molecule has 1 fully saturated rings. The van der Waals surface area contributed by atoms with E-state index in [0.717, 1.165) is 25.7 Å². The SMILES string of the molecule is C/C(N)=C(\Br)C(=N)N[C@H]1CC[C@H](O)CC1. The Balaban J connectivity index is 2.43. The molecule has 0 bridgehead atoms. The molecule has 0 saturated heterocycles. The van der Waals surface area contributed by atoms with Crippen LogP contribution in [0.3, 0.4) is 0 Å². The Kier molecular flexibility index (Phi) is 4.60. The number of amidine groups is 1. The van der Waals surface area contributed by atoms with Crippen LogP contribution in [0, 0.1) is 5.41 Å². The lowest BCUT2D eigenvalue weighted by Crippen LogP contribution is -2.38. The number of halogens is 1. The van der Waals surface area contributed by atoms with Crippen molar-refractivity contribution in [2.75, 3.05) is 0 Å². The summed E-state index contributed by atoms with van der Waals surface area (Å²) in [5.74, 6) is 0.330. The maximum atomic E-state index is 9.34. The van der Waals surface area contributed by atoms with Gasteiger partial charge < -0.3 is 16.2 Å². The number of nitrogens with two attached hydrogens (primary N) is 1. The number of rotatable bonds is 2. The summed E-state index contributed by atoms with van der Waals surface area (Å²) >= 11 is 3.26. The lowest BCUT2D eigenvalue weighted by molar-refractivity contribution is 0.120. The Labute approximate surface area is 98.6 Å². The van der Waals surface area contributed by atoms with Crippen LogP contribution >= 0.6 is 15.9 Å². The highest BCUT2D eigenvalue weighted by atomic mass is 79.9. The van der Waals surface area contributed by atoms with Crippen LogP contribution in [0.5, 0.6) is 0 Å². The minimum absolute atomic E-state index is 0.160. The van der Waals surface area contributed by atoms with E-state index in [9.17, 15) is 5.11 Å². The molecule has 4 nitrogen and oxygen atoms in total. The monoisotopic (exact) mass is 275 g/mol. The van der Waals surface area contributed by atoms with Gasteiger partial charge in [-0.2, -0.15) is 0 Å². The van der Waals surface area contributed by atoms with Gasteiger partial charge in [-0.05, 0) is 48.5 Å². The van der Waals surface area contributed by atoms with Crippen LogP contribution in [0.15, 0.2) is 10.2 Å². The van der Waals surface area contributed by atoms with Crippen LogP contribution in [0.4, 0.5) is 0 Å². The van der Waals surface area contributed by atoms with Crippen LogP contribution in [0.2, 0.25) is 0 Å². The summed E-state index contributed by atoms with van der Waals surface area (Å²) in [6, 6.07) is 0.285. The molecular formula is C10H18BrN3O. The molecular weight excluding hydrogens is 258 g/mol. The van der Waals surface area contributed by atoms with Crippen LogP contribution in [0.25, 0.3) is 0 Å². The van der Waals surface area contributed by atoms with Gasteiger partial charge in [0, 0.05) is 11.7 Å². The Bertz CT molecular complexity index is 266. The summed E-state index contributed by atoms with van der Waals surface area (Å²) in [7, 11) is 0. The summed E-state index contributed by atoms with van der Waals surface area (Å²) in [5.41, 5.74) is 6.18. The smallest absolute Gasteiger partial charge is 0.134 e. The molecule has 5 N–H and O–H groups in total. The highest BCUT2D eigenvalue weighted by Gasteiger charge is 2.20. The second-order valence-electron chi connectivity index (χ2n) is 4.02. The number of hydrogen-bond acceptors (Lipinski definition) is 3. The molecule has 0 atom stereocenters. The van der Waals surface area contributed by atoms with E-state index in [0.29, 0.717) is 16.0 Å². The van der Waals surface area contributed by atoms with Gasteiger partial charge in [0.15, 0.2) is 0 Å². The second-order valence-corrected chi connectivity index (χ2v) is 4.81. The molecule has 1 saturated carbocycles. The van der Waals surface area contributed by atoms with Crippen molar-refractivity contribution in [2.24, 2.45) is 5.73 Å². The topological polar surface area (TPSA) is 82.1 Å². The maximum absolute atomic E-state index is 9.34. The molecule has 0 aromatic carbocycles. The Morgan fingerprint density at radius 2 is 1.93 bits per heavy atom.